The van der Waals surface area contributed by atoms with Gasteiger partial charge in [-0.05, 0) is 25.7 Å². The first-order valence-electron chi connectivity index (χ1n) is 5.76. The molecule has 0 aromatic heterocycles. The number of hydrogen-bond acceptors (Lipinski definition) is 4. The second-order valence-electron chi connectivity index (χ2n) is 4.63. The Morgan fingerprint density at radius 3 is 1.44 bits per heavy atom. The Kier molecular flexibility index (Phi) is 7.89. The molecule has 6 heteroatoms. The van der Waals surface area contributed by atoms with Crippen LogP contribution in [0.2, 0.25) is 0 Å². The Morgan fingerprint density at radius 1 is 0.750 bits per heavy atom. The molecule has 0 aromatic rings. The SMILES string of the molecule is Cl.Cl.NC1CCCN(N2CCCC(N)C2)C1. The summed E-state index contributed by atoms with van der Waals surface area (Å²) in [5.41, 5.74) is 11.9. The van der Waals surface area contributed by atoms with Crippen molar-refractivity contribution in [1.29, 1.82) is 0 Å². The third kappa shape index (κ3) is 4.35. The van der Waals surface area contributed by atoms with Crippen LogP contribution in [0.1, 0.15) is 25.7 Å². The Hall–Kier alpha value is 0.420. The first kappa shape index (κ1) is 16.4. The summed E-state index contributed by atoms with van der Waals surface area (Å²) >= 11 is 0. The van der Waals surface area contributed by atoms with Gasteiger partial charge in [0.25, 0.3) is 0 Å². The number of nitrogens with zero attached hydrogens (tertiary/aromatic N) is 2. The summed E-state index contributed by atoms with van der Waals surface area (Å²) in [6, 6.07) is 0.726. The zero-order chi connectivity index (χ0) is 9.97. The second-order valence-corrected chi connectivity index (χ2v) is 4.63. The van der Waals surface area contributed by atoms with Gasteiger partial charge in [0, 0.05) is 38.3 Å². The van der Waals surface area contributed by atoms with Crippen molar-refractivity contribution in [3.8, 4) is 0 Å². The average molecular weight is 271 g/mol. The van der Waals surface area contributed by atoms with Crippen molar-refractivity contribution in [3.05, 3.63) is 0 Å². The summed E-state index contributed by atoms with van der Waals surface area (Å²) in [4.78, 5) is 0. The van der Waals surface area contributed by atoms with Crippen LogP contribution in [0.3, 0.4) is 0 Å². The molecule has 2 aliphatic heterocycles. The minimum Gasteiger partial charge on any atom is -0.326 e. The predicted octanol–water partition coefficient (Wildman–Crippen LogP) is 0.591. The van der Waals surface area contributed by atoms with Gasteiger partial charge in [0.15, 0.2) is 0 Å². The number of rotatable bonds is 1. The number of hydrogen-bond donors (Lipinski definition) is 2. The lowest BCUT2D eigenvalue weighted by atomic mass is 10.1. The number of hydrazine groups is 1. The molecule has 0 amide bonds. The van der Waals surface area contributed by atoms with E-state index < -0.39 is 0 Å². The van der Waals surface area contributed by atoms with Gasteiger partial charge in [-0.2, -0.15) is 0 Å². The Bertz CT molecular complexity index is 174. The van der Waals surface area contributed by atoms with Crippen LogP contribution in [-0.2, 0) is 0 Å². The maximum atomic E-state index is 5.97. The van der Waals surface area contributed by atoms with Gasteiger partial charge >= 0.3 is 0 Å². The van der Waals surface area contributed by atoms with Gasteiger partial charge in [-0.25, -0.2) is 10.0 Å². The van der Waals surface area contributed by atoms with E-state index in [4.69, 9.17) is 11.5 Å². The van der Waals surface area contributed by atoms with Gasteiger partial charge < -0.3 is 11.5 Å². The van der Waals surface area contributed by atoms with Gasteiger partial charge in [-0.3, -0.25) is 0 Å². The first-order valence-corrected chi connectivity index (χ1v) is 5.76. The molecular weight excluding hydrogens is 247 g/mol. The molecule has 2 heterocycles. The summed E-state index contributed by atoms with van der Waals surface area (Å²) in [6.45, 7) is 4.38. The minimum atomic E-state index is 0. The Balaban J connectivity index is 0.00000112. The monoisotopic (exact) mass is 270 g/mol. The topological polar surface area (TPSA) is 58.5 Å². The lowest BCUT2D eigenvalue weighted by molar-refractivity contribution is -0.0608. The van der Waals surface area contributed by atoms with E-state index >= 15 is 0 Å². The van der Waals surface area contributed by atoms with Crippen molar-refractivity contribution in [3.63, 3.8) is 0 Å². The highest BCUT2D eigenvalue weighted by Gasteiger charge is 2.25. The Labute approximate surface area is 110 Å². The van der Waals surface area contributed by atoms with E-state index in [9.17, 15) is 0 Å². The van der Waals surface area contributed by atoms with Crippen molar-refractivity contribution in [2.45, 2.75) is 37.8 Å². The normalized spacial score (nSPS) is 32.6. The van der Waals surface area contributed by atoms with E-state index in [1.165, 1.54) is 38.8 Å². The standard InChI is InChI=1S/C10H22N4.2ClH/c11-9-3-1-5-13(7-9)14-6-2-4-10(12)8-14;;/h9-10H,1-8,11-12H2;2*1H. The molecule has 4 nitrogen and oxygen atoms in total. The highest BCUT2D eigenvalue weighted by molar-refractivity contribution is 5.85. The maximum Gasteiger partial charge on any atom is 0.0285 e. The summed E-state index contributed by atoms with van der Waals surface area (Å²) in [7, 11) is 0. The second kappa shape index (κ2) is 7.69. The van der Waals surface area contributed by atoms with Crippen LogP contribution in [0, 0.1) is 0 Å². The molecule has 0 spiro atoms. The van der Waals surface area contributed by atoms with Gasteiger partial charge in [0.05, 0.1) is 0 Å². The lowest BCUT2D eigenvalue weighted by Crippen LogP contribution is -2.56. The molecule has 2 unspecified atom stereocenters. The van der Waals surface area contributed by atoms with Crippen molar-refractivity contribution in [2.75, 3.05) is 26.2 Å². The van der Waals surface area contributed by atoms with Gasteiger partial charge in [-0.15, -0.1) is 24.8 Å². The summed E-state index contributed by atoms with van der Waals surface area (Å²) in [5, 5.41) is 4.82. The van der Waals surface area contributed by atoms with Gasteiger partial charge in [0.2, 0.25) is 0 Å². The molecule has 2 fully saturated rings. The Morgan fingerprint density at radius 2 is 1.12 bits per heavy atom. The third-order valence-electron chi connectivity index (χ3n) is 3.27. The van der Waals surface area contributed by atoms with Crippen LogP contribution >= 0.6 is 24.8 Å². The summed E-state index contributed by atoms with van der Waals surface area (Å²) in [6.07, 6.45) is 4.81. The van der Waals surface area contributed by atoms with E-state index in [0.717, 1.165) is 13.1 Å². The van der Waals surface area contributed by atoms with E-state index in [0.29, 0.717) is 12.1 Å². The van der Waals surface area contributed by atoms with Crippen LogP contribution in [-0.4, -0.2) is 48.3 Å². The molecule has 2 rings (SSSR count). The van der Waals surface area contributed by atoms with Crippen molar-refractivity contribution >= 4 is 24.8 Å². The quantitative estimate of drug-likeness (QED) is 0.733. The minimum absolute atomic E-state index is 0. The van der Waals surface area contributed by atoms with E-state index in [-0.39, 0.29) is 24.8 Å². The lowest BCUT2D eigenvalue weighted by Gasteiger charge is -2.42. The molecule has 16 heavy (non-hydrogen) atoms. The molecule has 98 valence electrons. The fraction of sp³-hybridized carbons (Fsp3) is 1.00. The van der Waals surface area contributed by atoms with E-state index in [1.807, 2.05) is 0 Å². The molecule has 0 aliphatic carbocycles. The van der Waals surface area contributed by atoms with Crippen LogP contribution in [0.5, 0.6) is 0 Å². The largest absolute Gasteiger partial charge is 0.326 e. The van der Waals surface area contributed by atoms with Crippen molar-refractivity contribution in [2.24, 2.45) is 11.5 Å². The molecule has 0 radical (unpaired) electrons. The molecule has 2 saturated heterocycles. The fourth-order valence-corrected chi connectivity index (χ4v) is 2.49. The zero-order valence-corrected chi connectivity index (χ0v) is 11.3. The molecule has 0 aromatic carbocycles. The molecule has 2 aliphatic rings. The zero-order valence-electron chi connectivity index (χ0n) is 9.68. The number of nitrogens with two attached hydrogens (primary N) is 2. The molecule has 2 atom stereocenters. The number of piperidine rings is 2. The average Bonchev–Trinajstić information content (AvgIpc) is 2.18. The molecule has 0 saturated carbocycles. The van der Waals surface area contributed by atoms with Gasteiger partial charge in [-0.1, -0.05) is 0 Å². The first-order chi connectivity index (χ1) is 6.75. The molecule has 0 bridgehead atoms. The van der Waals surface area contributed by atoms with E-state index in [2.05, 4.69) is 10.0 Å². The summed E-state index contributed by atoms with van der Waals surface area (Å²) in [5.74, 6) is 0. The van der Waals surface area contributed by atoms with Crippen LogP contribution in [0.4, 0.5) is 0 Å². The number of halogens is 2. The highest BCUT2D eigenvalue weighted by atomic mass is 35.5. The third-order valence-corrected chi connectivity index (χ3v) is 3.27. The van der Waals surface area contributed by atoms with E-state index in [1.54, 1.807) is 0 Å². The van der Waals surface area contributed by atoms with Crippen LogP contribution in [0.25, 0.3) is 0 Å². The predicted molar refractivity (Wildman–Crippen MR) is 72.1 cm³/mol. The fourth-order valence-electron chi connectivity index (χ4n) is 2.49. The summed E-state index contributed by atoms with van der Waals surface area (Å²) < 4.78 is 0. The van der Waals surface area contributed by atoms with Gasteiger partial charge in [0.1, 0.15) is 0 Å². The molecule has 4 N–H and O–H groups in total. The van der Waals surface area contributed by atoms with Crippen molar-refractivity contribution < 1.29 is 0 Å². The highest BCUT2D eigenvalue weighted by Crippen LogP contribution is 2.15. The maximum absolute atomic E-state index is 5.97. The molecular formula is C10H24Cl2N4. The van der Waals surface area contributed by atoms with Crippen LogP contribution < -0.4 is 11.5 Å². The van der Waals surface area contributed by atoms with Crippen LogP contribution in [0.15, 0.2) is 0 Å². The smallest absolute Gasteiger partial charge is 0.0285 e. The van der Waals surface area contributed by atoms with Crippen molar-refractivity contribution in [1.82, 2.24) is 10.0 Å².